The normalized spacial score (nSPS) is 13.9. The summed E-state index contributed by atoms with van der Waals surface area (Å²) in [5.74, 6) is -1.15. The van der Waals surface area contributed by atoms with E-state index in [1.807, 2.05) is 0 Å². The highest BCUT2D eigenvalue weighted by Crippen LogP contribution is 2.51. The largest absolute Gasteiger partial charge is 0.524 e. The first-order chi connectivity index (χ1) is 14.3. The Kier molecular flexibility index (Phi) is 11.8. The van der Waals surface area contributed by atoms with Crippen molar-refractivity contribution >= 4 is 35.6 Å². The minimum Gasteiger partial charge on any atom is -0.524 e. The standard InChI is InChI=1S/C22H47F3O2Si4/c1-11-28(12-2,13-3)31(29(14-4,15-5)16-6,30(17-7,18-8)19-9)27-21(26)20(10)22(23,24)25/h10-19H2,1-9H3. The van der Waals surface area contributed by atoms with Crippen LogP contribution in [0.3, 0.4) is 0 Å². The monoisotopic (exact) mass is 512 g/mol. The molecule has 0 saturated carbocycles. The number of carbonyl (C=O) groups is 1. The number of rotatable bonds is 14. The van der Waals surface area contributed by atoms with Crippen LogP contribution >= 0.6 is 0 Å². The molecule has 0 rings (SSSR count). The molecular weight excluding hydrogens is 466 g/mol. The summed E-state index contributed by atoms with van der Waals surface area (Å²) < 4.78 is 47.4. The zero-order valence-electron chi connectivity index (χ0n) is 21.5. The molecule has 31 heavy (non-hydrogen) atoms. The molecule has 0 fully saturated rings. The molecule has 0 aromatic rings. The zero-order valence-corrected chi connectivity index (χ0v) is 25.5. The molecule has 0 unspecified atom stereocenters. The van der Waals surface area contributed by atoms with E-state index >= 15 is 0 Å². The van der Waals surface area contributed by atoms with E-state index in [4.69, 9.17) is 4.43 Å². The summed E-state index contributed by atoms with van der Waals surface area (Å²) in [5.41, 5.74) is -1.31. The first-order valence-corrected chi connectivity index (χ1v) is 25.1. The van der Waals surface area contributed by atoms with Crippen LogP contribution in [0.25, 0.3) is 0 Å². The molecule has 0 aliphatic rings. The van der Waals surface area contributed by atoms with Crippen molar-refractivity contribution < 1.29 is 22.4 Å². The van der Waals surface area contributed by atoms with Gasteiger partial charge >= 0.3 is 12.1 Å². The molecular formula is C22H47F3O2Si4. The predicted octanol–water partition coefficient (Wildman–Crippen LogP) is 8.35. The minimum atomic E-state index is -4.74. The topological polar surface area (TPSA) is 26.3 Å². The van der Waals surface area contributed by atoms with Crippen LogP contribution in [-0.4, -0.2) is 41.8 Å². The molecule has 0 aromatic carbocycles. The molecule has 0 atom stereocenters. The molecule has 0 N–H and O–H groups in total. The number of halogens is 3. The molecule has 0 amide bonds. The third kappa shape index (κ3) is 4.89. The van der Waals surface area contributed by atoms with Gasteiger partial charge in [-0.25, -0.2) is 4.79 Å². The van der Waals surface area contributed by atoms with Gasteiger partial charge in [-0.3, -0.25) is 0 Å². The van der Waals surface area contributed by atoms with Crippen LogP contribution in [0.4, 0.5) is 13.2 Å². The maximum absolute atomic E-state index is 13.6. The van der Waals surface area contributed by atoms with Crippen LogP contribution < -0.4 is 0 Å². The fourth-order valence-corrected chi connectivity index (χ4v) is 106. The van der Waals surface area contributed by atoms with E-state index in [2.05, 4.69) is 68.9 Å². The van der Waals surface area contributed by atoms with Gasteiger partial charge in [0.05, 0.1) is 22.8 Å². The molecule has 184 valence electrons. The highest BCUT2D eigenvalue weighted by Gasteiger charge is 2.74. The van der Waals surface area contributed by atoms with Crippen molar-refractivity contribution in [2.75, 3.05) is 0 Å². The van der Waals surface area contributed by atoms with Gasteiger partial charge < -0.3 is 4.43 Å². The summed E-state index contributed by atoms with van der Waals surface area (Å²) in [5, 5.41) is 0. The third-order valence-corrected chi connectivity index (χ3v) is 78.9. The Morgan fingerprint density at radius 2 is 0.871 bits per heavy atom. The average Bonchev–Trinajstić information content (AvgIpc) is 2.77. The van der Waals surface area contributed by atoms with Crippen LogP contribution in [0.2, 0.25) is 54.4 Å². The second kappa shape index (κ2) is 11.8. The summed E-state index contributed by atoms with van der Waals surface area (Å²) in [6, 6.07) is 9.01. The number of carbonyl (C=O) groups excluding carboxylic acids is 1. The van der Waals surface area contributed by atoms with Crippen LogP contribution in [0.1, 0.15) is 62.3 Å². The van der Waals surface area contributed by atoms with Gasteiger partial charge in [0.1, 0.15) is 5.57 Å². The van der Waals surface area contributed by atoms with Crippen molar-refractivity contribution in [2.45, 2.75) is 123 Å². The van der Waals surface area contributed by atoms with Crippen molar-refractivity contribution in [3.05, 3.63) is 12.2 Å². The van der Waals surface area contributed by atoms with Gasteiger partial charge in [0.25, 0.3) is 0 Å². The molecule has 0 spiro atoms. The van der Waals surface area contributed by atoms with Crippen LogP contribution in [-0.2, 0) is 9.22 Å². The van der Waals surface area contributed by atoms with E-state index in [1.54, 1.807) is 0 Å². The Hall–Kier alpha value is -0.132. The number of alkyl halides is 3. The lowest BCUT2D eigenvalue weighted by Crippen LogP contribution is -2.89. The van der Waals surface area contributed by atoms with Crippen molar-refractivity contribution in [1.82, 2.24) is 0 Å². The lowest BCUT2D eigenvalue weighted by molar-refractivity contribution is -0.142. The molecule has 0 radical (unpaired) electrons. The fourth-order valence-electron chi connectivity index (χ4n) is 6.82. The van der Waals surface area contributed by atoms with E-state index in [-0.39, 0.29) is 0 Å². The molecule has 0 aliphatic carbocycles. The maximum Gasteiger partial charge on any atom is 0.422 e. The van der Waals surface area contributed by atoms with Gasteiger partial charge in [-0.1, -0.05) is 123 Å². The van der Waals surface area contributed by atoms with Crippen molar-refractivity contribution in [3.63, 3.8) is 0 Å². The highest BCUT2D eigenvalue weighted by atomic mass is 29.9. The van der Waals surface area contributed by atoms with Gasteiger partial charge in [-0.05, 0) is 0 Å². The fraction of sp³-hybridized carbons (Fsp3) is 0.864. The SMILES string of the molecule is C=C(C(=O)O[Si]([Si](CC)(CC)CC)([Si](CC)(CC)CC)[Si](CC)(CC)CC)C(F)(F)F. The van der Waals surface area contributed by atoms with E-state index in [0.717, 1.165) is 54.4 Å². The average molecular weight is 513 g/mol. The Morgan fingerprint density at radius 3 is 1.03 bits per heavy atom. The van der Waals surface area contributed by atoms with Gasteiger partial charge in [0.15, 0.2) is 0 Å². The Morgan fingerprint density at radius 1 is 0.645 bits per heavy atom. The maximum atomic E-state index is 13.6. The van der Waals surface area contributed by atoms with Crippen LogP contribution in [0, 0.1) is 0 Å². The second-order valence-corrected chi connectivity index (χ2v) is 45.1. The molecule has 0 heterocycles. The summed E-state index contributed by atoms with van der Waals surface area (Å²) >= 11 is 0. The molecule has 0 bridgehead atoms. The van der Waals surface area contributed by atoms with Gasteiger partial charge in [-0.15, -0.1) is 0 Å². The summed E-state index contributed by atoms with van der Waals surface area (Å²) in [4.78, 5) is 13.2. The zero-order chi connectivity index (χ0) is 24.7. The Bertz CT molecular complexity index is 521. The van der Waals surface area contributed by atoms with E-state index in [9.17, 15) is 18.0 Å². The molecule has 9 heteroatoms. The minimum absolute atomic E-state index is 1.00. The van der Waals surface area contributed by atoms with Crippen LogP contribution in [0.5, 0.6) is 0 Å². The second-order valence-electron chi connectivity index (χ2n) is 9.07. The Labute approximate surface area is 192 Å². The van der Waals surface area contributed by atoms with Gasteiger partial charge in [-0.2, -0.15) is 13.2 Å². The lowest BCUT2D eigenvalue weighted by Gasteiger charge is -2.63. The number of hydrogen-bond acceptors (Lipinski definition) is 2. The van der Waals surface area contributed by atoms with Crippen molar-refractivity contribution in [1.29, 1.82) is 0 Å². The third-order valence-electron chi connectivity index (χ3n) is 9.17. The number of hydrogen-bond donors (Lipinski definition) is 0. The summed E-state index contributed by atoms with van der Waals surface area (Å²) in [6.07, 6.45) is -4.74. The smallest absolute Gasteiger partial charge is 0.422 e. The molecule has 2 nitrogen and oxygen atoms in total. The van der Waals surface area contributed by atoms with Crippen molar-refractivity contribution in [2.24, 2.45) is 0 Å². The summed E-state index contributed by atoms with van der Waals surface area (Å²) in [7, 11) is -6.45. The van der Waals surface area contributed by atoms with Gasteiger partial charge in [0.2, 0.25) is 6.87 Å². The lowest BCUT2D eigenvalue weighted by atomic mass is 10.3. The first kappa shape index (κ1) is 30.9. The highest BCUT2D eigenvalue weighted by molar-refractivity contribution is 7.88. The predicted molar refractivity (Wildman–Crippen MR) is 139 cm³/mol. The molecule has 0 aromatic heterocycles. The molecule has 0 aliphatic heterocycles. The Balaban J connectivity index is 7.67. The molecule has 0 saturated heterocycles. The summed E-state index contributed by atoms with van der Waals surface area (Å²) in [6.45, 7) is 20.4. The van der Waals surface area contributed by atoms with E-state index < -0.39 is 47.4 Å². The quantitative estimate of drug-likeness (QED) is 0.173. The van der Waals surface area contributed by atoms with E-state index in [0.29, 0.717) is 0 Å². The first-order valence-electron chi connectivity index (χ1n) is 12.3. The van der Waals surface area contributed by atoms with Crippen LogP contribution in [0.15, 0.2) is 12.2 Å². The van der Waals surface area contributed by atoms with E-state index in [1.165, 1.54) is 0 Å². The van der Waals surface area contributed by atoms with Gasteiger partial charge in [0, 0.05) is 0 Å². The van der Waals surface area contributed by atoms with Crippen molar-refractivity contribution in [3.8, 4) is 0 Å².